The van der Waals surface area contributed by atoms with Gasteiger partial charge in [0.05, 0.1) is 5.71 Å². The molecule has 0 radical (unpaired) electrons. The highest BCUT2D eigenvalue weighted by Gasteiger charge is 2.07. The minimum absolute atomic E-state index is 0.457. The predicted octanol–water partition coefficient (Wildman–Crippen LogP) is 4.76. The predicted molar refractivity (Wildman–Crippen MR) is 108 cm³/mol. The Kier molecular flexibility index (Phi) is 6.41. The van der Waals surface area contributed by atoms with Gasteiger partial charge in [0.1, 0.15) is 12.4 Å². The fourth-order valence-corrected chi connectivity index (χ4v) is 2.69. The van der Waals surface area contributed by atoms with Crippen molar-refractivity contribution >= 4 is 11.7 Å². The van der Waals surface area contributed by atoms with Gasteiger partial charge in [0, 0.05) is 5.56 Å². The lowest BCUT2D eigenvalue weighted by Gasteiger charge is -2.12. The van der Waals surface area contributed by atoms with E-state index < -0.39 is 12.6 Å². The minimum atomic E-state index is -1.06. The second kappa shape index (κ2) is 9.37. The van der Waals surface area contributed by atoms with Gasteiger partial charge in [-0.1, -0.05) is 78.0 Å². The Bertz CT molecular complexity index is 950. The van der Waals surface area contributed by atoms with Crippen LogP contribution < -0.4 is 4.74 Å². The third-order valence-electron chi connectivity index (χ3n) is 4.13. The molecule has 1 N–H and O–H groups in total. The first kappa shape index (κ1) is 19.2. The topological polar surface area (TPSA) is 68.1 Å². The zero-order chi connectivity index (χ0) is 19.8. The summed E-state index contributed by atoms with van der Waals surface area (Å²) in [6.07, 6.45) is 0. The van der Waals surface area contributed by atoms with Crippen LogP contribution >= 0.6 is 0 Å². The summed E-state index contributed by atoms with van der Waals surface area (Å²) >= 11 is 0. The van der Waals surface area contributed by atoms with Crippen molar-refractivity contribution in [1.29, 1.82) is 0 Å². The Labute approximate surface area is 163 Å². The molecule has 0 aliphatic rings. The number of hydrogen-bond donors (Lipinski definition) is 1. The number of hydrogen-bond acceptors (Lipinski definition) is 4. The van der Waals surface area contributed by atoms with Crippen molar-refractivity contribution in [3.05, 3.63) is 90.0 Å². The standard InChI is InChI=1S/C23H21NO4/c1-17(24-28-16-23(25)26)19-11-13-20(14-12-19)21-9-5-6-10-22(21)27-15-18-7-3-2-4-8-18/h2-14H,15-16H2,1H3,(H,25,26). The first-order valence-electron chi connectivity index (χ1n) is 8.88. The van der Waals surface area contributed by atoms with Gasteiger partial charge in [-0.3, -0.25) is 0 Å². The van der Waals surface area contributed by atoms with E-state index in [0.29, 0.717) is 12.3 Å². The summed E-state index contributed by atoms with van der Waals surface area (Å²) in [6, 6.07) is 25.8. The summed E-state index contributed by atoms with van der Waals surface area (Å²) in [6.45, 7) is 1.82. The Morgan fingerprint density at radius 1 is 0.929 bits per heavy atom. The summed E-state index contributed by atoms with van der Waals surface area (Å²) in [5, 5.41) is 12.4. The van der Waals surface area contributed by atoms with E-state index in [4.69, 9.17) is 14.7 Å². The van der Waals surface area contributed by atoms with E-state index in [1.54, 1.807) is 6.92 Å². The molecule has 3 rings (SSSR count). The molecule has 0 aliphatic heterocycles. The van der Waals surface area contributed by atoms with Crippen LogP contribution in [0, 0.1) is 0 Å². The molecule has 0 atom stereocenters. The molecule has 0 aliphatic carbocycles. The van der Waals surface area contributed by atoms with Crippen LogP contribution in [0.5, 0.6) is 5.75 Å². The SMILES string of the molecule is CC(=NOCC(=O)O)c1ccc(-c2ccccc2OCc2ccccc2)cc1. The third-order valence-corrected chi connectivity index (χ3v) is 4.13. The normalized spacial score (nSPS) is 11.1. The minimum Gasteiger partial charge on any atom is -0.488 e. The van der Waals surface area contributed by atoms with Gasteiger partial charge in [0.25, 0.3) is 0 Å². The van der Waals surface area contributed by atoms with Gasteiger partial charge in [-0.15, -0.1) is 0 Å². The Morgan fingerprint density at radius 3 is 2.32 bits per heavy atom. The number of para-hydroxylation sites is 1. The molecule has 0 bridgehead atoms. The summed E-state index contributed by atoms with van der Waals surface area (Å²) < 4.78 is 6.03. The molecular formula is C23H21NO4. The van der Waals surface area contributed by atoms with Crippen molar-refractivity contribution in [2.24, 2.45) is 5.16 Å². The first-order valence-corrected chi connectivity index (χ1v) is 8.88. The number of benzene rings is 3. The van der Waals surface area contributed by atoms with Crippen molar-refractivity contribution in [2.75, 3.05) is 6.61 Å². The molecule has 0 saturated carbocycles. The largest absolute Gasteiger partial charge is 0.488 e. The summed E-state index contributed by atoms with van der Waals surface area (Å²) in [4.78, 5) is 15.3. The van der Waals surface area contributed by atoms with Gasteiger partial charge in [-0.05, 0) is 29.7 Å². The monoisotopic (exact) mass is 375 g/mol. The lowest BCUT2D eigenvalue weighted by atomic mass is 10.0. The van der Waals surface area contributed by atoms with Gasteiger partial charge >= 0.3 is 5.97 Å². The molecule has 5 nitrogen and oxygen atoms in total. The average molecular weight is 375 g/mol. The number of carboxylic acids is 1. The maximum atomic E-state index is 10.5. The van der Waals surface area contributed by atoms with Gasteiger partial charge in [0.2, 0.25) is 6.61 Å². The Morgan fingerprint density at radius 2 is 1.61 bits per heavy atom. The third kappa shape index (κ3) is 5.20. The van der Waals surface area contributed by atoms with E-state index in [0.717, 1.165) is 28.0 Å². The molecule has 0 spiro atoms. The van der Waals surface area contributed by atoms with Crippen LogP contribution in [0.1, 0.15) is 18.1 Å². The average Bonchev–Trinajstić information content (AvgIpc) is 2.73. The van der Waals surface area contributed by atoms with Crippen LogP contribution in [0.3, 0.4) is 0 Å². The summed E-state index contributed by atoms with van der Waals surface area (Å²) in [5.74, 6) is -0.242. The highest BCUT2D eigenvalue weighted by atomic mass is 16.6. The van der Waals surface area contributed by atoms with Gasteiger partial charge in [-0.25, -0.2) is 4.79 Å². The second-order valence-electron chi connectivity index (χ2n) is 6.19. The highest BCUT2D eigenvalue weighted by molar-refractivity contribution is 5.98. The van der Waals surface area contributed by atoms with E-state index in [2.05, 4.69) is 5.16 Å². The Hall–Kier alpha value is -3.60. The molecule has 142 valence electrons. The van der Waals surface area contributed by atoms with Crippen LogP contribution in [-0.4, -0.2) is 23.4 Å². The fraction of sp³-hybridized carbons (Fsp3) is 0.130. The van der Waals surface area contributed by atoms with Crippen LogP contribution in [0.25, 0.3) is 11.1 Å². The van der Waals surface area contributed by atoms with E-state index >= 15 is 0 Å². The molecule has 5 heteroatoms. The number of aliphatic carboxylic acids is 1. The molecule has 0 amide bonds. The van der Waals surface area contributed by atoms with Crippen molar-refractivity contribution in [3.8, 4) is 16.9 Å². The summed E-state index contributed by atoms with van der Waals surface area (Å²) in [7, 11) is 0. The molecule has 28 heavy (non-hydrogen) atoms. The Balaban J connectivity index is 1.74. The first-order chi connectivity index (χ1) is 13.6. The maximum Gasteiger partial charge on any atom is 0.344 e. The fourth-order valence-electron chi connectivity index (χ4n) is 2.69. The molecule has 0 unspecified atom stereocenters. The van der Waals surface area contributed by atoms with Crippen molar-refractivity contribution < 1.29 is 19.5 Å². The molecule has 3 aromatic rings. The molecule has 3 aromatic carbocycles. The van der Waals surface area contributed by atoms with Crippen LogP contribution in [0.4, 0.5) is 0 Å². The van der Waals surface area contributed by atoms with Crippen molar-refractivity contribution in [3.63, 3.8) is 0 Å². The summed E-state index contributed by atoms with van der Waals surface area (Å²) in [5.41, 5.74) is 4.60. The van der Waals surface area contributed by atoms with Gasteiger partial charge in [0.15, 0.2) is 0 Å². The second-order valence-corrected chi connectivity index (χ2v) is 6.19. The number of ether oxygens (including phenoxy) is 1. The smallest absolute Gasteiger partial charge is 0.344 e. The molecule has 0 aromatic heterocycles. The molecular weight excluding hydrogens is 354 g/mol. The van der Waals surface area contributed by atoms with E-state index in [1.165, 1.54) is 0 Å². The molecule has 0 fully saturated rings. The van der Waals surface area contributed by atoms with Crippen molar-refractivity contribution in [1.82, 2.24) is 0 Å². The maximum absolute atomic E-state index is 10.5. The van der Waals surface area contributed by atoms with Crippen molar-refractivity contribution in [2.45, 2.75) is 13.5 Å². The number of oxime groups is 1. The van der Waals surface area contributed by atoms with Gasteiger partial charge in [-0.2, -0.15) is 0 Å². The number of carbonyl (C=O) groups is 1. The lowest BCUT2D eigenvalue weighted by molar-refractivity contribution is -0.142. The van der Waals surface area contributed by atoms with Gasteiger partial charge < -0.3 is 14.7 Å². The molecule has 0 saturated heterocycles. The van der Waals surface area contributed by atoms with Crippen LogP contribution in [-0.2, 0) is 16.2 Å². The number of carboxylic acid groups (broad SMARTS) is 1. The number of rotatable bonds is 8. The van der Waals surface area contributed by atoms with E-state index in [1.807, 2.05) is 78.9 Å². The highest BCUT2D eigenvalue weighted by Crippen LogP contribution is 2.30. The molecule has 0 heterocycles. The van der Waals surface area contributed by atoms with Crippen LogP contribution in [0.15, 0.2) is 84.0 Å². The van der Waals surface area contributed by atoms with E-state index in [-0.39, 0.29) is 0 Å². The lowest BCUT2D eigenvalue weighted by Crippen LogP contribution is -2.05. The number of nitrogens with zero attached hydrogens (tertiary/aromatic N) is 1. The van der Waals surface area contributed by atoms with E-state index in [9.17, 15) is 4.79 Å². The zero-order valence-corrected chi connectivity index (χ0v) is 15.5. The quantitative estimate of drug-likeness (QED) is 0.455. The van der Waals surface area contributed by atoms with Crippen LogP contribution in [0.2, 0.25) is 0 Å². The zero-order valence-electron chi connectivity index (χ0n) is 15.5.